The summed E-state index contributed by atoms with van der Waals surface area (Å²) in [7, 11) is 0. The summed E-state index contributed by atoms with van der Waals surface area (Å²) in [5, 5.41) is 9.31. The molecule has 3 heterocycles. The molecule has 286 valence electrons. The van der Waals surface area contributed by atoms with Crippen LogP contribution in [0.1, 0.15) is 11.1 Å². The van der Waals surface area contributed by atoms with Crippen molar-refractivity contribution in [2.45, 2.75) is 13.8 Å². The van der Waals surface area contributed by atoms with Crippen LogP contribution in [0.3, 0.4) is 0 Å². The van der Waals surface area contributed by atoms with Gasteiger partial charge in [-0.1, -0.05) is 139 Å². The fourth-order valence-electron chi connectivity index (χ4n) is 10.3. The minimum Gasteiger partial charge on any atom is -0.458 e. The van der Waals surface area contributed by atoms with Gasteiger partial charge in [-0.15, -0.1) is 0 Å². The molecular formula is C56H37BN2O2. The van der Waals surface area contributed by atoms with Crippen LogP contribution in [0.4, 0.5) is 17.1 Å². The highest BCUT2D eigenvalue weighted by molar-refractivity contribution is 7.01. The molecule has 0 saturated carbocycles. The lowest BCUT2D eigenvalue weighted by Gasteiger charge is -2.35. The van der Waals surface area contributed by atoms with Gasteiger partial charge in [-0.25, -0.2) is 0 Å². The Labute approximate surface area is 353 Å². The van der Waals surface area contributed by atoms with Crippen molar-refractivity contribution in [3.05, 3.63) is 199 Å². The predicted octanol–water partition coefficient (Wildman–Crippen LogP) is 13.1. The Bertz CT molecular complexity index is 3520. The van der Waals surface area contributed by atoms with Gasteiger partial charge in [0.25, 0.3) is 6.71 Å². The third kappa shape index (κ3) is 4.95. The van der Waals surface area contributed by atoms with Crippen molar-refractivity contribution < 1.29 is 9.47 Å². The molecular weight excluding hydrogens is 743 g/mol. The molecule has 0 amide bonds. The van der Waals surface area contributed by atoms with Crippen molar-refractivity contribution in [3.8, 4) is 28.7 Å². The van der Waals surface area contributed by atoms with E-state index in [2.05, 4.69) is 211 Å². The standard InChI is InChI=1S/C56H37BN2O2/c1-34-20-26-39(27-21-34)58(40-28-22-35(2)23-29-40)46-33-47-51(44-19-11-10-18-43(44)46)45-32-50-54-56(55(45)59(47)38-14-4-3-5-15-38)61-49-31-25-37-13-7-9-17-42(37)53(49)57(54)52-41-16-8-6-12-36(41)24-30-48(52)60-50/h3-33H,1-2H3. The number of benzene rings is 10. The van der Waals surface area contributed by atoms with Crippen LogP contribution in [0.2, 0.25) is 0 Å². The molecule has 13 rings (SSSR count). The first-order valence-electron chi connectivity index (χ1n) is 21.0. The van der Waals surface area contributed by atoms with Gasteiger partial charge in [0, 0.05) is 38.7 Å². The molecule has 0 N–H and O–H groups in total. The Morgan fingerprint density at radius 2 is 0.984 bits per heavy atom. The van der Waals surface area contributed by atoms with Gasteiger partial charge in [0.05, 0.1) is 16.7 Å². The number of ether oxygens (including phenoxy) is 2. The SMILES string of the molecule is Cc1ccc(N(c2ccc(C)cc2)c2cc3c(c4ccccc24)c2cc4c5c(c2n3-c2ccccc2)Oc2ccc3ccccc3c2B5c2c(ccc3ccccc23)O4)cc1. The zero-order valence-electron chi connectivity index (χ0n) is 33.7. The number of hydrogen-bond donors (Lipinski definition) is 0. The van der Waals surface area contributed by atoms with Crippen LogP contribution in [0, 0.1) is 13.8 Å². The van der Waals surface area contributed by atoms with Crippen molar-refractivity contribution in [2.24, 2.45) is 0 Å². The van der Waals surface area contributed by atoms with E-state index in [4.69, 9.17) is 9.47 Å². The Kier molecular flexibility index (Phi) is 7.20. The number of rotatable bonds is 4. The minimum absolute atomic E-state index is 0.132. The summed E-state index contributed by atoms with van der Waals surface area (Å²) >= 11 is 0. The zero-order valence-corrected chi connectivity index (χ0v) is 33.7. The molecule has 0 bridgehead atoms. The number of aromatic nitrogens is 1. The van der Waals surface area contributed by atoms with E-state index >= 15 is 0 Å². The van der Waals surface area contributed by atoms with Crippen LogP contribution in [0.15, 0.2) is 188 Å². The Morgan fingerprint density at radius 1 is 0.443 bits per heavy atom. The highest BCUT2D eigenvalue weighted by Gasteiger charge is 2.44. The summed E-state index contributed by atoms with van der Waals surface area (Å²) in [5.74, 6) is 3.41. The van der Waals surface area contributed by atoms with E-state index in [9.17, 15) is 0 Å². The van der Waals surface area contributed by atoms with Crippen LogP contribution >= 0.6 is 0 Å². The third-order valence-corrected chi connectivity index (χ3v) is 13.0. The van der Waals surface area contributed by atoms with Gasteiger partial charge in [0.2, 0.25) is 0 Å². The van der Waals surface area contributed by atoms with Crippen molar-refractivity contribution in [3.63, 3.8) is 0 Å². The average Bonchev–Trinajstić information content (AvgIpc) is 3.64. The van der Waals surface area contributed by atoms with Gasteiger partial charge in [0.15, 0.2) is 5.75 Å². The van der Waals surface area contributed by atoms with Crippen molar-refractivity contribution in [1.29, 1.82) is 0 Å². The van der Waals surface area contributed by atoms with Crippen molar-refractivity contribution in [2.75, 3.05) is 4.90 Å². The summed E-state index contributed by atoms with van der Waals surface area (Å²) in [6, 6.07) is 68.1. The average molecular weight is 781 g/mol. The van der Waals surface area contributed by atoms with Crippen LogP contribution in [-0.2, 0) is 0 Å². The first-order valence-corrected chi connectivity index (χ1v) is 21.0. The Morgan fingerprint density at radius 3 is 1.61 bits per heavy atom. The molecule has 0 fully saturated rings. The third-order valence-electron chi connectivity index (χ3n) is 13.0. The molecule has 10 aromatic carbocycles. The van der Waals surface area contributed by atoms with Crippen LogP contribution in [0.25, 0.3) is 59.8 Å². The maximum absolute atomic E-state index is 7.40. The molecule has 0 atom stereocenters. The van der Waals surface area contributed by atoms with Crippen LogP contribution in [0.5, 0.6) is 23.0 Å². The monoisotopic (exact) mass is 780 g/mol. The lowest BCUT2D eigenvalue weighted by Crippen LogP contribution is -2.58. The predicted molar refractivity (Wildman–Crippen MR) is 255 cm³/mol. The molecule has 2 aliphatic heterocycles. The first-order chi connectivity index (χ1) is 30.1. The molecule has 61 heavy (non-hydrogen) atoms. The number of para-hydroxylation sites is 1. The summed E-state index contributed by atoms with van der Waals surface area (Å²) < 4.78 is 17.0. The second-order valence-corrected chi connectivity index (χ2v) is 16.6. The maximum Gasteiger partial charge on any atom is 0.262 e. The van der Waals surface area contributed by atoms with Gasteiger partial charge in [-0.3, -0.25) is 0 Å². The number of anilines is 3. The summed E-state index contributed by atoms with van der Waals surface area (Å²) in [6.45, 7) is 4.15. The fraction of sp³-hybridized carbons (Fsp3) is 0.0357. The van der Waals surface area contributed by atoms with E-state index in [0.29, 0.717) is 0 Å². The molecule has 0 unspecified atom stereocenters. The molecule has 4 nitrogen and oxygen atoms in total. The van der Waals surface area contributed by atoms with Crippen LogP contribution in [-0.4, -0.2) is 11.3 Å². The van der Waals surface area contributed by atoms with E-state index in [1.807, 2.05) is 0 Å². The second-order valence-electron chi connectivity index (χ2n) is 16.6. The largest absolute Gasteiger partial charge is 0.458 e. The molecule has 1 aromatic heterocycles. The lowest BCUT2D eigenvalue weighted by atomic mass is 9.33. The number of hydrogen-bond acceptors (Lipinski definition) is 3. The second kappa shape index (κ2) is 12.9. The van der Waals surface area contributed by atoms with E-state index in [1.54, 1.807) is 0 Å². The van der Waals surface area contributed by atoms with Crippen molar-refractivity contribution in [1.82, 2.24) is 4.57 Å². The number of fused-ring (bicyclic) bond motifs is 14. The van der Waals surface area contributed by atoms with Gasteiger partial charge in [0.1, 0.15) is 17.2 Å². The molecule has 0 saturated heterocycles. The van der Waals surface area contributed by atoms with E-state index in [0.717, 1.165) is 83.8 Å². The molecule has 11 aromatic rings. The highest BCUT2D eigenvalue weighted by atomic mass is 16.5. The summed E-state index contributed by atoms with van der Waals surface area (Å²) in [4.78, 5) is 2.40. The smallest absolute Gasteiger partial charge is 0.262 e. The molecule has 5 heteroatoms. The van der Waals surface area contributed by atoms with E-state index in [1.165, 1.54) is 43.6 Å². The summed E-state index contributed by atoms with van der Waals surface area (Å²) in [6.07, 6.45) is 0. The molecule has 0 aliphatic carbocycles. The highest BCUT2D eigenvalue weighted by Crippen LogP contribution is 2.50. The topological polar surface area (TPSA) is 26.6 Å². The molecule has 0 spiro atoms. The quantitative estimate of drug-likeness (QED) is 0.166. The van der Waals surface area contributed by atoms with E-state index in [-0.39, 0.29) is 6.71 Å². The first kappa shape index (κ1) is 34.1. The van der Waals surface area contributed by atoms with Gasteiger partial charge >= 0.3 is 0 Å². The zero-order chi connectivity index (χ0) is 40.3. The Balaban J connectivity index is 1.19. The number of nitrogens with zero attached hydrogens (tertiary/aromatic N) is 2. The van der Waals surface area contributed by atoms with E-state index < -0.39 is 0 Å². The maximum atomic E-state index is 7.40. The van der Waals surface area contributed by atoms with Crippen molar-refractivity contribution >= 4 is 94.3 Å². The number of aryl methyl sites for hydroxylation is 2. The van der Waals surface area contributed by atoms with Gasteiger partial charge in [-0.05, 0) is 112 Å². The van der Waals surface area contributed by atoms with Crippen LogP contribution < -0.4 is 30.8 Å². The summed E-state index contributed by atoms with van der Waals surface area (Å²) in [5.41, 5.74) is 12.3. The van der Waals surface area contributed by atoms with Gasteiger partial charge < -0.3 is 18.9 Å². The fourth-order valence-corrected chi connectivity index (χ4v) is 10.3. The molecule has 2 aliphatic rings. The van der Waals surface area contributed by atoms with Gasteiger partial charge in [-0.2, -0.15) is 0 Å². The molecule has 0 radical (unpaired) electrons. The lowest BCUT2D eigenvalue weighted by molar-refractivity contribution is 0.468. The Hall–Kier alpha value is -7.76. The normalized spacial score (nSPS) is 12.7. The minimum atomic E-state index is -0.132.